The second-order valence-electron chi connectivity index (χ2n) is 3.72. The monoisotopic (exact) mass is 178 g/mol. The van der Waals surface area contributed by atoms with Gasteiger partial charge in [0.1, 0.15) is 5.75 Å². The molecule has 1 N–H and O–H groups in total. The molecule has 2 rings (SSSR count). The zero-order valence-electron chi connectivity index (χ0n) is 7.79. The summed E-state index contributed by atoms with van der Waals surface area (Å²) in [6.45, 7) is 2.55. The molecule has 1 aliphatic rings. The molecule has 1 aliphatic heterocycles. The molecule has 0 fully saturated rings. The zero-order chi connectivity index (χ0) is 9.31. The summed E-state index contributed by atoms with van der Waals surface area (Å²) in [5.74, 6) is 0.824. The number of rotatable bonds is 0. The fourth-order valence-corrected chi connectivity index (χ4v) is 1.77. The highest BCUT2D eigenvalue weighted by Gasteiger charge is 2.28. The molecule has 1 atom stereocenters. The van der Waals surface area contributed by atoms with E-state index in [9.17, 15) is 5.11 Å². The molecule has 1 unspecified atom stereocenters. The van der Waals surface area contributed by atoms with E-state index < -0.39 is 5.60 Å². The number of benzene rings is 1. The smallest absolute Gasteiger partial charge is 0.125 e. The van der Waals surface area contributed by atoms with Gasteiger partial charge in [-0.15, -0.1) is 0 Å². The van der Waals surface area contributed by atoms with E-state index >= 15 is 0 Å². The Morgan fingerprint density at radius 2 is 2.15 bits per heavy atom. The van der Waals surface area contributed by atoms with Crippen LogP contribution in [0.3, 0.4) is 0 Å². The molecule has 13 heavy (non-hydrogen) atoms. The third-order valence-corrected chi connectivity index (χ3v) is 2.53. The normalized spacial score (nSPS) is 27.2. The van der Waals surface area contributed by atoms with Crippen molar-refractivity contribution in [2.24, 2.45) is 0 Å². The molecule has 2 nitrogen and oxygen atoms in total. The molecule has 0 saturated heterocycles. The van der Waals surface area contributed by atoms with Gasteiger partial charge in [-0.25, -0.2) is 0 Å². The lowest BCUT2D eigenvalue weighted by atomic mass is 9.91. The van der Waals surface area contributed by atoms with E-state index in [0.717, 1.165) is 24.2 Å². The summed E-state index contributed by atoms with van der Waals surface area (Å²) in [5.41, 5.74) is 0.181. The van der Waals surface area contributed by atoms with E-state index in [1.807, 2.05) is 31.2 Å². The van der Waals surface area contributed by atoms with Crippen molar-refractivity contribution in [2.75, 3.05) is 6.61 Å². The van der Waals surface area contributed by atoms with Gasteiger partial charge < -0.3 is 9.84 Å². The first-order valence-electron chi connectivity index (χ1n) is 4.65. The maximum absolute atomic E-state index is 10.1. The maximum atomic E-state index is 10.1. The van der Waals surface area contributed by atoms with Crippen molar-refractivity contribution in [1.29, 1.82) is 0 Å². The molecule has 2 heteroatoms. The van der Waals surface area contributed by atoms with Crippen molar-refractivity contribution < 1.29 is 9.84 Å². The van der Waals surface area contributed by atoms with E-state index in [2.05, 4.69) is 0 Å². The average Bonchev–Trinajstić information content (AvgIpc) is 2.26. The van der Waals surface area contributed by atoms with Crippen molar-refractivity contribution in [3.8, 4) is 5.75 Å². The predicted octanol–water partition coefficient (Wildman–Crippen LogP) is 2.07. The van der Waals surface area contributed by atoms with Gasteiger partial charge in [0.25, 0.3) is 0 Å². The molecule has 0 amide bonds. The highest BCUT2D eigenvalue weighted by Crippen LogP contribution is 2.35. The first-order chi connectivity index (χ1) is 6.20. The summed E-state index contributed by atoms with van der Waals surface area (Å²) in [6, 6.07) is 7.71. The SMILES string of the molecule is CC1(O)CCCOc2ccccc21. The summed E-state index contributed by atoms with van der Waals surface area (Å²) in [6.07, 6.45) is 1.67. The molecular weight excluding hydrogens is 164 g/mol. The minimum Gasteiger partial charge on any atom is -0.493 e. The van der Waals surface area contributed by atoms with Crippen LogP contribution < -0.4 is 4.74 Å². The number of para-hydroxylation sites is 1. The molecule has 0 spiro atoms. The molecule has 1 aromatic carbocycles. The van der Waals surface area contributed by atoms with Gasteiger partial charge >= 0.3 is 0 Å². The first kappa shape index (κ1) is 8.57. The third-order valence-electron chi connectivity index (χ3n) is 2.53. The van der Waals surface area contributed by atoms with Crippen LogP contribution in [-0.2, 0) is 5.60 Å². The van der Waals surface area contributed by atoms with E-state index in [0.29, 0.717) is 6.61 Å². The van der Waals surface area contributed by atoms with Gasteiger partial charge in [0, 0.05) is 5.56 Å². The van der Waals surface area contributed by atoms with Gasteiger partial charge in [-0.05, 0) is 25.8 Å². The lowest BCUT2D eigenvalue weighted by Gasteiger charge is -2.22. The van der Waals surface area contributed by atoms with Crippen LogP contribution in [0.15, 0.2) is 24.3 Å². The minimum absolute atomic E-state index is 0.702. The summed E-state index contributed by atoms with van der Waals surface area (Å²) in [7, 11) is 0. The van der Waals surface area contributed by atoms with Crippen LogP contribution in [0, 0.1) is 0 Å². The largest absolute Gasteiger partial charge is 0.493 e. The molecule has 1 aromatic rings. The second kappa shape index (κ2) is 3.04. The summed E-state index contributed by atoms with van der Waals surface area (Å²) in [5, 5.41) is 10.1. The van der Waals surface area contributed by atoms with Gasteiger partial charge in [-0.2, -0.15) is 0 Å². The number of ether oxygens (including phenoxy) is 1. The van der Waals surface area contributed by atoms with Crippen LogP contribution in [0.1, 0.15) is 25.3 Å². The van der Waals surface area contributed by atoms with Crippen LogP contribution in [0.4, 0.5) is 0 Å². The van der Waals surface area contributed by atoms with Crippen molar-refractivity contribution in [2.45, 2.75) is 25.4 Å². The van der Waals surface area contributed by atoms with E-state index in [1.165, 1.54) is 0 Å². The summed E-state index contributed by atoms with van der Waals surface area (Å²) < 4.78 is 5.52. The highest BCUT2D eigenvalue weighted by atomic mass is 16.5. The Morgan fingerprint density at radius 1 is 1.38 bits per heavy atom. The van der Waals surface area contributed by atoms with Crippen molar-refractivity contribution in [1.82, 2.24) is 0 Å². The van der Waals surface area contributed by atoms with Gasteiger partial charge in [-0.3, -0.25) is 0 Å². The molecule has 0 radical (unpaired) electrons. The Labute approximate surface area is 78.2 Å². The summed E-state index contributed by atoms with van der Waals surface area (Å²) >= 11 is 0. The quantitative estimate of drug-likeness (QED) is 0.659. The van der Waals surface area contributed by atoms with Gasteiger partial charge in [0.15, 0.2) is 0 Å². The first-order valence-corrected chi connectivity index (χ1v) is 4.65. The Balaban J connectivity index is 2.48. The van der Waals surface area contributed by atoms with Crippen molar-refractivity contribution >= 4 is 0 Å². The van der Waals surface area contributed by atoms with Crippen LogP contribution in [0.2, 0.25) is 0 Å². The average molecular weight is 178 g/mol. The molecule has 0 aliphatic carbocycles. The fraction of sp³-hybridized carbons (Fsp3) is 0.455. The number of hydrogen-bond donors (Lipinski definition) is 1. The predicted molar refractivity (Wildman–Crippen MR) is 50.7 cm³/mol. The van der Waals surface area contributed by atoms with Crippen LogP contribution in [0.25, 0.3) is 0 Å². The van der Waals surface area contributed by atoms with E-state index in [-0.39, 0.29) is 0 Å². The second-order valence-corrected chi connectivity index (χ2v) is 3.72. The number of hydrogen-bond acceptors (Lipinski definition) is 2. The van der Waals surface area contributed by atoms with E-state index in [1.54, 1.807) is 0 Å². The number of fused-ring (bicyclic) bond motifs is 1. The molecule has 0 aromatic heterocycles. The Kier molecular flexibility index (Phi) is 2.00. The maximum Gasteiger partial charge on any atom is 0.125 e. The molecule has 1 heterocycles. The number of aliphatic hydroxyl groups is 1. The van der Waals surface area contributed by atoms with Gasteiger partial charge in [0.2, 0.25) is 0 Å². The molecule has 0 bridgehead atoms. The lowest BCUT2D eigenvalue weighted by molar-refractivity contribution is 0.0485. The Morgan fingerprint density at radius 3 is 3.00 bits per heavy atom. The van der Waals surface area contributed by atoms with E-state index in [4.69, 9.17) is 4.74 Å². The molecular formula is C11H14O2. The standard InChI is InChI=1S/C11H14O2/c1-11(12)7-4-8-13-10-6-3-2-5-9(10)11/h2-3,5-6,12H,4,7-8H2,1H3. The Hall–Kier alpha value is -1.02. The lowest BCUT2D eigenvalue weighted by Crippen LogP contribution is -2.19. The van der Waals surface area contributed by atoms with Crippen molar-refractivity contribution in [3.05, 3.63) is 29.8 Å². The third kappa shape index (κ3) is 1.54. The molecule has 0 saturated carbocycles. The highest BCUT2D eigenvalue weighted by molar-refractivity contribution is 5.38. The van der Waals surface area contributed by atoms with Crippen LogP contribution in [0.5, 0.6) is 5.75 Å². The zero-order valence-corrected chi connectivity index (χ0v) is 7.79. The Bertz CT molecular complexity index is 305. The summed E-state index contributed by atoms with van der Waals surface area (Å²) in [4.78, 5) is 0. The van der Waals surface area contributed by atoms with Crippen molar-refractivity contribution in [3.63, 3.8) is 0 Å². The van der Waals surface area contributed by atoms with Gasteiger partial charge in [0.05, 0.1) is 12.2 Å². The van der Waals surface area contributed by atoms with Crippen LogP contribution >= 0.6 is 0 Å². The van der Waals surface area contributed by atoms with Crippen LogP contribution in [-0.4, -0.2) is 11.7 Å². The minimum atomic E-state index is -0.729. The topological polar surface area (TPSA) is 29.5 Å². The molecule has 70 valence electrons. The van der Waals surface area contributed by atoms with Gasteiger partial charge in [-0.1, -0.05) is 18.2 Å². The fourth-order valence-electron chi connectivity index (χ4n) is 1.77.